The maximum atomic E-state index is 14.7. The zero-order chi connectivity index (χ0) is 24.5. The fourth-order valence-corrected chi connectivity index (χ4v) is 4.00. The summed E-state index contributed by atoms with van der Waals surface area (Å²) < 4.78 is 59.8. The van der Waals surface area contributed by atoms with E-state index in [0.717, 1.165) is 23.2 Å². The van der Waals surface area contributed by atoms with Crippen LogP contribution in [-0.2, 0) is 14.3 Å². The number of hydrogen-bond acceptors (Lipinski definition) is 5. The van der Waals surface area contributed by atoms with Crippen molar-refractivity contribution in [2.24, 2.45) is 0 Å². The van der Waals surface area contributed by atoms with E-state index in [1.54, 1.807) is 0 Å². The van der Waals surface area contributed by atoms with E-state index in [0.29, 0.717) is 0 Å². The van der Waals surface area contributed by atoms with Crippen LogP contribution in [-0.4, -0.2) is 52.4 Å². The highest BCUT2D eigenvalue weighted by molar-refractivity contribution is 5.98. The first-order chi connectivity index (χ1) is 16.1. The number of anilines is 1. The zero-order valence-electron chi connectivity index (χ0n) is 17.6. The standard InChI is InChI=1S/C22H20F4N4O4/c23-12-7-13(11-27-10-12)28-19(31)17-5-6-34-21(33)30(17)18(15-3-1-2-4-16(15)24)20(32)29-14-8-22(25,26)9-14/h1-4,7,10-11,14,17-18H,5-6,8-9H2,(H,28,31)(H,29,32)/t17?,18-/m1/s1. The van der Waals surface area contributed by atoms with E-state index in [9.17, 15) is 31.9 Å². The maximum Gasteiger partial charge on any atom is 0.411 e. The molecule has 1 aromatic heterocycles. The fraction of sp³-hybridized carbons (Fsp3) is 0.364. The van der Waals surface area contributed by atoms with Gasteiger partial charge in [0.15, 0.2) is 0 Å². The number of nitrogens with zero attached hydrogens (tertiary/aromatic N) is 2. The lowest BCUT2D eigenvalue weighted by molar-refractivity contribution is -0.137. The Labute approximate surface area is 191 Å². The van der Waals surface area contributed by atoms with Crippen LogP contribution in [0.2, 0.25) is 0 Å². The molecule has 2 aliphatic rings. The van der Waals surface area contributed by atoms with Gasteiger partial charge in [-0.25, -0.2) is 22.4 Å². The third-order valence-corrected chi connectivity index (χ3v) is 5.60. The summed E-state index contributed by atoms with van der Waals surface area (Å²) in [5.74, 6) is -6.19. The van der Waals surface area contributed by atoms with Crippen LogP contribution in [0.4, 0.5) is 28.0 Å². The Morgan fingerprint density at radius 2 is 1.91 bits per heavy atom. The number of ether oxygens (including phenoxy) is 1. The molecule has 3 amide bonds. The normalized spacial score (nSPS) is 20.6. The van der Waals surface area contributed by atoms with Gasteiger partial charge in [-0.2, -0.15) is 0 Å². The van der Waals surface area contributed by atoms with Crippen molar-refractivity contribution in [3.05, 3.63) is 59.9 Å². The number of benzene rings is 1. The Balaban J connectivity index is 1.65. The minimum absolute atomic E-state index is 0.00693. The van der Waals surface area contributed by atoms with Crippen LogP contribution in [0.15, 0.2) is 42.7 Å². The number of cyclic esters (lactones) is 1. The third kappa shape index (κ3) is 4.95. The predicted octanol–water partition coefficient (Wildman–Crippen LogP) is 3.16. The third-order valence-electron chi connectivity index (χ3n) is 5.60. The minimum Gasteiger partial charge on any atom is -0.449 e. The first-order valence-electron chi connectivity index (χ1n) is 10.4. The molecular formula is C22H20F4N4O4. The molecule has 0 spiro atoms. The Morgan fingerprint density at radius 1 is 1.18 bits per heavy atom. The van der Waals surface area contributed by atoms with Crippen molar-refractivity contribution in [3.63, 3.8) is 0 Å². The smallest absolute Gasteiger partial charge is 0.411 e. The van der Waals surface area contributed by atoms with Gasteiger partial charge in [-0.1, -0.05) is 18.2 Å². The van der Waals surface area contributed by atoms with E-state index in [1.165, 1.54) is 24.4 Å². The maximum absolute atomic E-state index is 14.7. The minimum atomic E-state index is -2.92. The van der Waals surface area contributed by atoms with Gasteiger partial charge in [0, 0.05) is 36.9 Å². The van der Waals surface area contributed by atoms with Crippen molar-refractivity contribution in [3.8, 4) is 0 Å². The predicted molar refractivity (Wildman–Crippen MR) is 110 cm³/mol. The van der Waals surface area contributed by atoms with E-state index >= 15 is 0 Å². The highest BCUT2D eigenvalue weighted by Crippen LogP contribution is 2.38. The number of alkyl halides is 2. The van der Waals surface area contributed by atoms with E-state index < -0.39 is 66.4 Å². The summed E-state index contributed by atoms with van der Waals surface area (Å²) in [6, 6.07) is 2.27. The second-order valence-electron chi connectivity index (χ2n) is 8.10. The molecule has 1 aliphatic heterocycles. The van der Waals surface area contributed by atoms with Crippen LogP contribution in [0.1, 0.15) is 30.9 Å². The van der Waals surface area contributed by atoms with E-state index in [2.05, 4.69) is 15.6 Å². The summed E-state index contributed by atoms with van der Waals surface area (Å²) in [5, 5.41) is 4.83. The van der Waals surface area contributed by atoms with Crippen LogP contribution >= 0.6 is 0 Å². The van der Waals surface area contributed by atoms with Gasteiger partial charge in [-0.3, -0.25) is 19.5 Å². The number of carbonyl (C=O) groups is 3. The number of amides is 3. The summed E-state index contributed by atoms with van der Waals surface area (Å²) in [6.07, 6.45) is -0.189. The first-order valence-corrected chi connectivity index (χ1v) is 10.4. The number of pyridine rings is 1. The summed E-state index contributed by atoms with van der Waals surface area (Å²) in [4.78, 5) is 43.3. The van der Waals surface area contributed by atoms with Crippen molar-refractivity contribution in [2.45, 2.75) is 43.3 Å². The van der Waals surface area contributed by atoms with E-state index in [4.69, 9.17) is 4.74 Å². The van der Waals surface area contributed by atoms with Crippen molar-refractivity contribution in [2.75, 3.05) is 11.9 Å². The SMILES string of the molecule is O=C(Nc1cncc(F)c1)C1CCOC(=O)N1[C@@H](C(=O)NC1CC(F)(F)C1)c1ccccc1F. The molecule has 0 radical (unpaired) electrons. The summed E-state index contributed by atoms with van der Waals surface area (Å²) in [5.41, 5.74) is -0.234. The number of hydrogen-bond donors (Lipinski definition) is 2. The molecule has 12 heteroatoms. The molecule has 1 saturated heterocycles. The summed E-state index contributed by atoms with van der Waals surface area (Å²) in [6.45, 7) is -0.157. The van der Waals surface area contributed by atoms with Crippen LogP contribution < -0.4 is 10.6 Å². The molecule has 2 N–H and O–H groups in total. The van der Waals surface area contributed by atoms with Gasteiger partial charge >= 0.3 is 6.09 Å². The molecule has 0 bridgehead atoms. The average Bonchev–Trinajstić information content (AvgIpc) is 2.75. The van der Waals surface area contributed by atoms with Crippen LogP contribution in [0.3, 0.4) is 0 Å². The number of aromatic nitrogens is 1. The first kappa shape index (κ1) is 23.5. The van der Waals surface area contributed by atoms with Crippen molar-refractivity contribution in [1.29, 1.82) is 0 Å². The molecule has 1 unspecified atom stereocenters. The molecule has 2 heterocycles. The Kier molecular flexibility index (Phi) is 6.40. The van der Waals surface area contributed by atoms with Gasteiger partial charge in [0.25, 0.3) is 5.92 Å². The van der Waals surface area contributed by atoms with Gasteiger partial charge in [-0.05, 0) is 6.07 Å². The lowest BCUT2D eigenvalue weighted by atomic mass is 9.87. The molecule has 2 atom stereocenters. The summed E-state index contributed by atoms with van der Waals surface area (Å²) in [7, 11) is 0. The molecule has 1 saturated carbocycles. The highest BCUT2D eigenvalue weighted by atomic mass is 19.3. The molecule has 4 rings (SSSR count). The number of rotatable bonds is 6. The zero-order valence-corrected chi connectivity index (χ0v) is 17.6. The van der Waals surface area contributed by atoms with Gasteiger partial charge in [0.05, 0.1) is 24.7 Å². The topological polar surface area (TPSA) is 101 Å². The molecule has 2 aromatic rings. The Hall–Kier alpha value is -3.70. The van der Waals surface area contributed by atoms with Gasteiger partial charge in [-0.15, -0.1) is 0 Å². The summed E-state index contributed by atoms with van der Waals surface area (Å²) >= 11 is 0. The molecule has 2 fully saturated rings. The molecule has 8 nitrogen and oxygen atoms in total. The molecule has 34 heavy (non-hydrogen) atoms. The van der Waals surface area contributed by atoms with Crippen molar-refractivity contribution < 1.29 is 36.7 Å². The van der Waals surface area contributed by atoms with Crippen LogP contribution in [0.5, 0.6) is 0 Å². The lowest BCUT2D eigenvalue weighted by Gasteiger charge is -2.41. The highest BCUT2D eigenvalue weighted by Gasteiger charge is 2.49. The van der Waals surface area contributed by atoms with E-state index in [-0.39, 0.29) is 24.3 Å². The second kappa shape index (κ2) is 9.27. The Bertz CT molecular complexity index is 1110. The fourth-order valence-electron chi connectivity index (χ4n) is 4.00. The van der Waals surface area contributed by atoms with Gasteiger partial charge in [0.2, 0.25) is 11.8 Å². The van der Waals surface area contributed by atoms with Crippen LogP contribution in [0, 0.1) is 11.6 Å². The number of carbonyl (C=O) groups excluding carboxylic acids is 3. The van der Waals surface area contributed by atoms with Crippen molar-refractivity contribution in [1.82, 2.24) is 15.2 Å². The van der Waals surface area contributed by atoms with Crippen molar-refractivity contribution >= 4 is 23.6 Å². The Morgan fingerprint density at radius 3 is 2.59 bits per heavy atom. The molecular weight excluding hydrogens is 460 g/mol. The number of nitrogens with one attached hydrogen (secondary N) is 2. The molecule has 1 aromatic carbocycles. The largest absolute Gasteiger partial charge is 0.449 e. The lowest BCUT2D eigenvalue weighted by Crippen LogP contribution is -2.58. The second-order valence-corrected chi connectivity index (χ2v) is 8.10. The number of halogens is 4. The van der Waals surface area contributed by atoms with Gasteiger partial charge < -0.3 is 15.4 Å². The quantitative estimate of drug-likeness (QED) is 0.619. The van der Waals surface area contributed by atoms with Crippen LogP contribution in [0.25, 0.3) is 0 Å². The van der Waals surface area contributed by atoms with Gasteiger partial charge in [0.1, 0.15) is 23.7 Å². The monoisotopic (exact) mass is 480 g/mol. The van der Waals surface area contributed by atoms with E-state index in [1.807, 2.05) is 0 Å². The molecule has 1 aliphatic carbocycles. The molecule has 180 valence electrons. The average molecular weight is 480 g/mol.